The SMILES string of the molecule is [N-]=[N+]=NCCC#Cc1ccccc1OC(F)(F)F. The molecule has 0 heterocycles. The van der Waals surface area contributed by atoms with Gasteiger partial charge in [-0.25, -0.2) is 0 Å². The van der Waals surface area contributed by atoms with Gasteiger partial charge in [-0.15, -0.1) is 13.2 Å². The Balaban J connectivity index is 2.79. The molecule has 0 fully saturated rings. The normalized spacial score (nSPS) is 9.94. The Kier molecular flexibility index (Phi) is 4.90. The van der Waals surface area contributed by atoms with E-state index >= 15 is 0 Å². The van der Waals surface area contributed by atoms with Gasteiger partial charge in [0, 0.05) is 17.9 Å². The van der Waals surface area contributed by atoms with Gasteiger partial charge < -0.3 is 4.74 Å². The number of nitrogens with zero attached hydrogens (tertiary/aromatic N) is 3. The van der Waals surface area contributed by atoms with Crippen molar-refractivity contribution >= 4 is 0 Å². The fourth-order valence-corrected chi connectivity index (χ4v) is 1.09. The van der Waals surface area contributed by atoms with Crippen LogP contribution in [0.3, 0.4) is 0 Å². The van der Waals surface area contributed by atoms with Crippen LogP contribution < -0.4 is 4.74 Å². The van der Waals surface area contributed by atoms with Gasteiger partial charge in [-0.05, 0) is 17.7 Å². The van der Waals surface area contributed by atoms with Crippen LogP contribution in [-0.2, 0) is 0 Å². The van der Waals surface area contributed by atoms with Gasteiger partial charge in [-0.1, -0.05) is 29.1 Å². The highest BCUT2D eigenvalue weighted by molar-refractivity contribution is 5.45. The molecule has 0 aliphatic rings. The number of benzene rings is 1. The third-order valence-electron chi connectivity index (χ3n) is 1.74. The minimum absolute atomic E-state index is 0.135. The lowest BCUT2D eigenvalue weighted by atomic mass is 10.2. The summed E-state index contributed by atoms with van der Waals surface area (Å²) in [7, 11) is 0. The summed E-state index contributed by atoms with van der Waals surface area (Å²) in [6.07, 6.45) is -4.48. The van der Waals surface area contributed by atoms with Crippen LogP contribution in [0.1, 0.15) is 12.0 Å². The quantitative estimate of drug-likeness (QED) is 0.267. The van der Waals surface area contributed by atoms with Gasteiger partial charge in [0.1, 0.15) is 5.75 Å². The number of para-hydroxylation sites is 1. The van der Waals surface area contributed by atoms with Crippen LogP contribution in [0.25, 0.3) is 10.4 Å². The van der Waals surface area contributed by atoms with Crippen molar-refractivity contribution in [3.05, 3.63) is 40.3 Å². The fraction of sp³-hybridized carbons (Fsp3) is 0.273. The van der Waals surface area contributed by atoms with E-state index in [-0.39, 0.29) is 24.3 Å². The number of alkyl halides is 3. The van der Waals surface area contributed by atoms with Crippen molar-refractivity contribution in [2.45, 2.75) is 12.8 Å². The van der Waals surface area contributed by atoms with Crippen LogP contribution in [0, 0.1) is 11.8 Å². The molecule has 0 radical (unpaired) electrons. The monoisotopic (exact) mass is 255 g/mol. The number of azide groups is 1. The summed E-state index contributed by atoms with van der Waals surface area (Å²) >= 11 is 0. The average molecular weight is 255 g/mol. The van der Waals surface area contributed by atoms with Crippen molar-refractivity contribution < 1.29 is 17.9 Å². The Bertz CT molecular complexity index is 510. The molecule has 0 N–H and O–H groups in total. The summed E-state index contributed by atoms with van der Waals surface area (Å²) in [5, 5.41) is 3.25. The molecule has 1 aromatic carbocycles. The number of hydrogen-bond acceptors (Lipinski definition) is 2. The molecule has 0 saturated heterocycles. The Morgan fingerprint density at radius 2 is 2.06 bits per heavy atom. The van der Waals surface area contributed by atoms with Crippen LogP contribution in [0.15, 0.2) is 29.4 Å². The lowest BCUT2D eigenvalue weighted by Crippen LogP contribution is -2.17. The number of rotatable bonds is 3. The van der Waals surface area contributed by atoms with Crippen LogP contribution in [-0.4, -0.2) is 12.9 Å². The minimum atomic E-state index is -4.75. The Morgan fingerprint density at radius 1 is 1.33 bits per heavy atom. The summed E-state index contributed by atoms with van der Waals surface area (Å²) in [6, 6.07) is 5.58. The predicted molar refractivity (Wildman–Crippen MR) is 58.6 cm³/mol. The molecular weight excluding hydrogens is 247 g/mol. The van der Waals surface area contributed by atoms with Crippen LogP contribution in [0.5, 0.6) is 5.75 Å². The van der Waals surface area contributed by atoms with Gasteiger partial charge in [0.05, 0.1) is 5.56 Å². The lowest BCUT2D eigenvalue weighted by molar-refractivity contribution is -0.274. The maximum Gasteiger partial charge on any atom is 0.573 e. The smallest absolute Gasteiger partial charge is 0.404 e. The summed E-state index contributed by atoms with van der Waals surface area (Å²) in [4.78, 5) is 2.53. The Hall–Kier alpha value is -2.32. The van der Waals surface area contributed by atoms with Crippen LogP contribution in [0.2, 0.25) is 0 Å². The number of ether oxygens (including phenoxy) is 1. The maximum absolute atomic E-state index is 12.1. The highest BCUT2D eigenvalue weighted by Gasteiger charge is 2.31. The van der Waals surface area contributed by atoms with E-state index in [1.165, 1.54) is 18.2 Å². The molecule has 94 valence electrons. The van der Waals surface area contributed by atoms with E-state index in [9.17, 15) is 13.2 Å². The highest BCUT2D eigenvalue weighted by atomic mass is 19.4. The van der Waals surface area contributed by atoms with E-state index < -0.39 is 6.36 Å². The molecule has 0 amide bonds. The first-order chi connectivity index (χ1) is 8.53. The Labute approximate surface area is 101 Å². The molecule has 4 nitrogen and oxygen atoms in total. The first-order valence-corrected chi connectivity index (χ1v) is 4.87. The summed E-state index contributed by atoms with van der Waals surface area (Å²) in [5.41, 5.74) is 8.15. The average Bonchev–Trinajstić information content (AvgIpc) is 2.29. The van der Waals surface area contributed by atoms with Crippen molar-refractivity contribution in [2.75, 3.05) is 6.54 Å². The summed E-state index contributed by atoms with van der Waals surface area (Å²) in [6.45, 7) is 0.172. The van der Waals surface area contributed by atoms with Crippen LogP contribution >= 0.6 is 0 Å². The molecule has 1 aromatic rings. The molecule has 0 saturated carbocycles. The molecule has 0 unspecified atom stereocenters. The summed E-state index contributed by atoms with van der Waals surface area (Å²) in [5.74, 6) is 4.79. The van der Waals surface area contributed by atoms with Gasteiger partial charge in [-0.3, -0.25) is 0 Å². The van der Waals surface area contributed by atoms with Gasteiger partial charge >= 0.3 is 6.36 Å². The van der Waals surface area contributed by atoms with E-state index in [1.54, 1.807) is 6.07 Å². The molecule has 0 spiro atoms. The van der Waals surface area contributed by atoms with E-state index in [2.05, 4.69) is 26.6 Å². The van der Waals surface area contributed by atoms with Crippen molar-refractivity contribution in [2.24, 2.45) is 5.11 Å². The minimum Gasteiger partial charge on any atom is -0.404 e. The van der Waals surface area contributed by atoms with E-state index in [0.29, 0.717) is 0 Å². The standard InChI is InChI=1S/C11H8F3N3O/c12-11(13,14)18-10-7-2-1-5-9(10)6-3-4-8-16-17-15/h1-2,5,7H,4,8H2. The maximum atomic E-state index is 12.1. The molecule has 18 heavy (non-hydrogen) atoms. The lowest BCUT2D eigenvalue weighted by Gasteiger charge is -2.09. The second-order valence-electron chi connectivity index (χ2n) is 3.05. The summed E-state index contributed by atoms with van der Waals surface area (Å²) < 4.78 is 40.1. The van der Waals surface area contributed by atoms with Crippen molar-refractivity contribution in [3.8, 4) is 17.6 Å². The molecule has 1 rings (SSSR count). The zero-order chi connectivity index (χ0) is 13.4. The third-order valence-corrected chi connectivity index (χ3v) is 1.74. The second kappa shape index (κ2) is 6.42. The number of halogens is 3. The molecule has 0 aliphatic heterocycles. The fourth-order valence-electron chi connectivity index (χ4n) is 1.09. The van der Waals surface area contributed by atoms with Gasteiger partial charge in [0.15, 0.2) is 0 Å². The zero-order valence-electron chi connectivity index (χ0n) is 9.11. The van der Waals surface area contributed by atoms with Gasteiger partial charge in [-0.2, -0.15) is 0 Å². The largest absolute Gasteiger partial charge is 0.573 e. The van der Waals surface area contributed by atoms with Gasteiger partial charge in [0.2, 0.25) is 0 Å². The molecule has 0 bridgehead atoms. The van der Waals surface area contributed by atoms with E-state index in [1.807, 2.05) is 0 Å². The van der Waals surface area contributed by atoms with Crippen LogP contribution in [0.4, 0.5) is 13.2 Å². The van der Waals surface area contributed by atoms with Gasteiger partial charge in [0.25, 0.3) is 0 Å². The number of hydrogen-bond donors (Lipinski definition) is 0. The molecule has 7 heteroatoms. The predicted octanol–water partition coefficient (Wildman–Crippen LogP) is 3.64. The Morgan fingerprint density at radius 3 is 2.72 bits per heavy atom. The van der Waals surface area contributed by atoms with E-state index in [4.69, 9.17) is 5.53 Å². The molecule has 0 atom stereocenters. The second-order valence-corrected chi connectivity index (χ2v) is 3.05. The molecule has 0 aromatic heterocycles. The topological polar surface area (TPSA) is 58.0 Å². The molecular formula is C11H8F3N3O. The zero-order valence-corrected chi connectivity index (χ0v) is 9.11. The first-order valence-electron chi connectivity index (χ1n) is 4.87. The first kappa shape index (κ1) is 13.7. The molecule has 0 aliphatic carbocycles. The highest BCUT2D eigenvalue weighted by Crippen LogP contribution is 2.25. The van der Waals surface area contributed by atoms with Crippen molar-refractivity contribution in [1.82, 2.24) is 0 Å². The van der Waals surface area contributed by atoms with Crippen molar-refractivity contribution in [1.29, 1.82) is 0 Å². The van der Waals surface area contributed by atoms with E-state index in [0.717, 1.165) is 0 Å². The third kappa shape index (κ3) is 5.14. The van der Waals surface area contributed by atoms with Crippen molar-refractivity contribution in [3.63, 3.8) is 0 Å².